The van der Waals surface area contributed by atoms with Gasteiger partial charge in [-0.05, 0) is 5.92 Å². The van der Waals surface area contributed by atoms with Crippen LogP contribution in [-0.2, 0) is 6.54 Å². The molecule has 0 fully saturated rings. The largest absolute Gasteiger partial charge is 0.515 e. The van der Waals surface area contributed by atoms with Gasteiger partial charge in [-0.25, -0.2) is 0 Å². The molecule has 0 amide bonds. The molecule has 2 aromatic rings. The highest BCUT2D eigenvalue weighted by atomic mass is 16.2. The van der Waals surface area contributed by atoms with Gasteiger partial charge in [-0.2, -0.15) is 9.61 Å². The van der Waals surface area contributed by atoms with E-state index in [1.54, 1.807) is 0 Å². The summed E-state index contributed by atoms with van der Waals surface area (Å²) in [6, 6.07) is 0. The van der Waals surface area contributed by atoms with Gasteiger partial charge < -0.3 is 5.11 Å². The Hall–Kier alpha value is -2.44. The first kappa shape index (κ1) is 13.0. The molecular formula is C12H13N3O4. The predicted molar refractivity (Wildman–Crippen MR) is 68.3 cm³/mol. The number of aldehydes is 1. The van der Waals surface area contributed by atoms with Crippen LogP contribution in [0.3, 0.4) is 0 Å². The molecule has 0 aromatic carbocycles. The Morgan fingerprint density at radius 2 is 2.05 bits per heavy atom. The van der Waals surface area contributed by atoms with Crippen LogP contribution in [0, 0.1) is 5.92 Å². The van der Waals surface area contributed by atoms with Crippen LogP contribution >= 0.6 is 0 Å². The average Bonchev–Trinajstić information content (AvgIpc) is 2.78. The lowest BCUT2D eigenvalue weighted by Gasteiger charge is -2.10. The van der Waals surface area contributed by atoms with Gasteiger partial charge in [0.25, 0.3) is 11.1 Å². The summed E-state index contributed by atoms with van der Waals surface area (Å²) in [7, 11) is 0. The molecule has 0 unspecified atom stereocenters. The van der Waals surface area contributed by atoms with Crippen molar-refractivity contribution in [2.24, 2.45) is 5.92 Å². The number of fused-ring (bicyclic) bond motifs is 1. The molecular weight excluding hydrogens is 250 g/mol. The molecule has 0 bridgehead atoms. The van der Waals surface area contributed by atoms with Crippen molar-refractivity contribution in [3.05, 3.63) is 37.7 Å². The third-order valence-corrected chi connectivity index (χ3v) is 2.73. The molecule has 0 radical (unpaired) electrons. The summed E-state index contributed by atoms with van der Waals surface area (Å²) in [4.78, 5) is 35.0. The molecule has 1 N–H and O–H groups in total. The summed E-state index contributed by atoms with van der Waals surface area (Å²) in [5, 5.41) is 12.5. The fourth-order valence-corrected chi connectivity index (χ4v) is 1.95. The molecule has 2 aromatic heterocycles. The Labute approximate surface area is 107 Å². The molecule has 0 saturated heterocycles. The number of aromatic nitrogens is 3. The van der Waals surface area contributed by atoms with Gasteiger partial charge in [0.15, 0.2) is 11.9 Å². The standard InChI is InChI=1S/C12H13N3O4/c1-7(2)4-14-10-8(5-16)3-13-15(10)12(19)9(6-17)11(14)18/h3,5-7,17H,4H2,1-2H3. The van der Waals surface area contributed by atoms with Gasteiger partial charge in [0.05, 0.1) is 18.0 Å². The fraction of sp³-hybridized carbons (Fsp3) is 0.333. The molecule has 0 aliphatic rings. The lowest BCUT2D eigenvalue weighted by atomic mass is 10.2. The zero-order valence-corrected chi connectivity index (χ0v) is 10.5. The Balaban J connectivity index is 3.06. The highest BCUT2D eigenvalue weighted by molar-refractivity contribution is 5.83. The van der Waals surface area contributed by atoms with E-state index in [1.807, 2.05) is 13.8 Å². The minimum Gasteiger partial charge on any atom is -0.515 e. The van der Waals surface area contributed by atoms with Crippen molar-refractivity contribution in [1.82, 2.24) is 14.2 Å². The summed E-state index contributed by atoms with van der Waals surface area (Å²) in [5.74, 6) is 0.125. The molecule has 0 atom stereocenters. The second kappa shape index (κ2) is 4.68. The van der Waals surface area contributed by atoms with Gasteiger partial charge in [0.1, 0.15) is 5.22 Å². The van der Waals surface area contributed by atoms with Gasteiger partial charge in [0.2, 0.25) is 0 Å². The summed E-state index contributed by atoms with van der Waals surface area (Å²) >= 11 is 0. The van der Waals surface area contributed by atoms with E-state index in [9.17, 15) is 14.4 Å². The molecule has 100 valence electrons. The molecule has 0 spiro atoms. The predicted octanol–water partition coefficient (Wildman–Crippen LogP) is -0.660. The van der Waals surface area contributed by atoms with Crippen LogP contribution in [-0.4, -0.2) is 25.6 Å². The maximum atomic E-state index is 12.2. The van der Waals surface area contributed by atoms with Crippen molar-refractivity contribution in [3.8, 4) is 0 Å². The van der Waals surface area contributed by atoms with E-state index < -0.39 is 11.1 Å². The normalized spacial score (nSPS) is 12.5. The van der Waals surface area contributed by atoms with Crippen LogP contribution in [0.5, 0.6) is 0 Å². The summed E-state index contributed by atoms with van der Waals surface area (Å²) in [6.07, 6.45) is 2.24. The summed E-state index contributed by atoms with van der Waals surface area (Å²) in [6.45, 7) is 4.11. The number of aliphatic hydroxyl groups excluding tert-OH is 1. The lowest BCUT2D eigenvalue weighted by Crippen LogP contribution is -2.49. The number of carbonyl (C=O) groups is 1. The number of nitrogens with zero attached hydrogens (tertiary/aromatic N) is 3. The second-order valence-electron chi connectivity index (χ2n) is 4.61. The highest BCUT2D eigenvalue weighted by Crippen LogP contribution is 2.06. The first-order chi connectivity index (χ1) is 9.01. The first-order valence-electron chi connectivity index (χ1n) is 5.75. The van der Waals surface area contributed by atoms with Crippen molar-refractivity contribution in [3.63, 3.8) is 0 Å². The number of hydrogen-bond donors (Lipinski definition) is 1. The van der Waals surface area contributed by atoms with E-state index in [0.717, 1.165) is 4.52 Å². The Bertz CT molecular complexity index is 801. The molecule has 0 saturated carbocycles. The number of hydrogen-bond acceptors (Lipinski definition) is 5. The minimum absolute atomic E-state index is 0.125. The zero-order valence-electron chi connectivity index (χ0n) is 10.5. The molecule has 7 nitrogen and oxygen atoms in total. The number of aliphatic hydroxyl groups is 1. The van der Waals surface area contributed by atoms with E-state index in [4.69, 9.17) is 5.11 Å². The van der Waals surface area contributed by atoms with E-state index in [-0.39, 0.29) is 22.3 Å². The van der Waals surface area contributed by atoms with Crippen LogP contribution < -0.4 is 16.3 Å². The third kappa shape index (κ3) is 1.92. The van der Waals surface area contributed by atoms with Gasteiger partial charge in [-0.1, -0.05) is 13.8 Å². The summed E-state index contributed by atoms with van der Waals surface area (Å²) < 4.78 is 2.24. The van der Waals surface area contributed by atoms with Gasteiger partial charge >= 0.3 is 0 Å². The topological polar surface area (TPSA) is 93.7 Å². The smallest absolute Gasteiger partial charge is 0.288 e. The molecule has 0 aliphatic carbocycles. The Kier molecular flexibility index (Phi) is 3.20. The van der Waals surface area contributed by atoms with Crippen LogP contribution in [0.4, 0.5) is 0 Å². The lowest BCUT2D eigenvalue weighted by molar-refractivity contribution is 0.112. The van der Waals surface area contributed by atoms with Crippen LogP contribution in [0.15, 0.2) is 15.8 Å². The molecule has 0 aliphatic heterocycles. The number of carbonyl (C=O) groups excluding carboxylic acids is 1. The minimum atomic E-state index is -0.740. The van der Waals surface area contributed by atoms with Gasteiger partial charge in [-0.3, -0.25) is 19.0 Å². The summed E-state index contributed by atoms with van der Waals surface area (Å²) in [5.41, 5.74) is -1.04. The number of rotatable bonds is 3. The Morgan fingerprint density at radius 3 is 2.58 bits per heavy atom. The first-order valence-corrected chi connectivity index (χ1v) is 5.75. The van der Waals surface area contributed by atoms with Crippen LogP contribution in [0.25, 0.3) is 11.9 Å². The van der Waals surface area contributed by atoms with Crippen molar-refractivity contribution < 1.29 is 9.90 Å². The van der Waals surface area contributed by atoms with Crippen LogP contribution in [0.2, 0.25) is 0 Å². The molecule has 2 rings (SSSR count). The van der Waals surface area contributed by atoms with Gasteiger partial charge in [-0.15, -0.1) is 0 Å². The zero-order chi connectivity index (χ0) is 14.2. The maximum Gasteiger partial charge on any atom is 0.288 e. The fourth-order valence-electron chi connectivity index (χ4n) is 1.95. The Morgan fingerprint density at radius 1 is 1.37 bits per heavy atom. The van der Waals surface area contributed by atoms with E-state index >= 15 is 0 Å². The van der Waals surface area contributed by atoms with Crippen LogP contribution in [0.1, 0.15) is 24.2 Å². The third-order valence-electron chi connectivity index (χ3n) is 2.73. The average molecular weight is 263 g/mol. The highest BCUT2D eigenvalue weighted by Gasteiger charge is 2.16. The maximum absolute atomic E-state index is 12.2. The van der Waals surface area contributed by atoms with Crippen molar-refractivity contribution in [1.29, 1.82) is 0 Å². The second-order valence-corrected chi connectivity index (χ2v) is 4.61. The quantitative estimate of drug-likeness (QED) is 0.742. The van der Waals surface area contributed by atoms with Crippen molar-refractivity contribution in [2.75, 3.05) is 0 Å². The van der Waals surface area contributed by atoms with Gasteiger partial charge in [0, 0.05) is 6.54 Å². The monoisotopic (exact) mass is 263 g/mol. The van der Waals surface area contributed by atoms with Crippen molar-refractivity contribution in [2.45, 2.75) is 20.4 Å². The molecule has 7 heteroatoms. The van der Waals surface area contributed by atoms with E-state index in [1.165, 1.54) is 10.8 Å². The SMILES string of the molecule is CC(C)Cn1c(=O)c(=CO)c(=O)n2ncc(C=O)c12. The molecule has 19 heavy (non-hydrogen) atoms. The molecule has 2 heterocycles. The van der Waals surface area contributed by atoms with E-state index in [2.05, 4.69) is 5.10 Å². The van der Waals surface area contributed by atoms with E-state index in [0.29, 0.717) is 19.1 Å². The van der Waals surface area contributed by atoms with Crippen molar-refractivity contribution >= 4 is 18.2 Å².